The standard InChI is InChI=1S/C7H16N2O3S/c1-6-3-4-9(13(8,10)11)5-7(6)12-2/h6-7H,3-5H2,1-2H3,(H2,8,10,11). The van der Waals surface area contributed by atoms with E-state index < -0.39 is 10.2 Å². The monoisotopic (exact) mass is 208 g/mol. The van der Waals surface area contributed by atoms with E-state index >= 15 is 0 Å². The molecule has 0 aromatic heterocycles. The third-order valence-corrected chi connectivity index (χ3v) is 3.57. The van der Waals surface area contributed by atoms with Crippen molar-refractivity contribution in [3.63, 3.8) is 0 Å². The fraction of sp³-hybridized carbons (Fsp3) is 1.00. The molecule has 1 heterocycles. The van der Waals surface area contributed by atoms with Crippen LogP contribution in [0, 0.1) is 5.92 Å². The average molecular weight is 208 g/mol. The van der Waals surface area contributed by atoms with E-state index in [2.05, 4.69) is 6.92 Å². The zero-order valence-electron chi connectivity index (χ0n) is 7.93. The highest BCUT2D eigenvalue weighted by Gasteiger charge is 2.30. The fourth-order valence-corrected chi connectivity index (χ4v) is 2.26. The first-order valence-electron chi connectivity index (χ1n) is 4.26. The van der Waals surface area contributed by atoms with Gasteiger partial charge >= 0.3 is 0 Å². The Morgan fingerprint density at radius 2 is 2.15 bits per heavy atom. The molecular formula is C7H16N2O3S. The van der Waals surface area contributed by atoms with Crippen molar-refractivity contribution in [1.82, 2.24) is 4.31 Å². The van der Waals surface area contributed by atoms with E-state index in [9.17, 15) is 8.42 Å². The summed E-state index contributed by atoms with van der Waals surface area (Å²) >= 11 is 0. The van der Waals surface area contributed by atoms with Crippen LogP contribution in [0.15, 0.2) is 0 Å². The van der Waals surface area contributed by atoms with Crippen LogP contribution in [-0.2, 0) is 14.9 Å². The second kappa shape index (κ2) is 3.91. The Morgan fingerprint density at radius 1 is 1.54 bits per heavy atom. The average Bonchev–Trinajstić information content (AvgIpc) is 2.03. The summed E-state index contributed by atoms with van der Waals surface area (Å²) in [5.74, 6) is 0.392. The van der Waals surface area contributed by atoms with Crippen LogP contribution >= 0.6 is 0 Å². The molecule has 5 nitrogen and oxygen atoms in total. The van der Waals surface area contributed by atoms with Gasteiger partial charge in [-0.05, 0) is 12.3 Å². The first kappa shape index (κ1) is 10.9. The molecule has 2 unspecified atom stereocenters. The van der Waals surface area contributed by atoms with Crippen molar-refractivity contribution in [2.24, 2.45) is 11.1 Å². The van der Waals surface area contributed by atoms with Crippen LogP contribution in [0.4, 0.5) is 0 Å². The minimum atomic E-state index is -3.54. The molecule has 0 radical (unpaired) electrons. The van der Waals surface area contributed by atoms with Gasteiger partial charge in [0.2, 0.25) is 0 Å². The molecule has 6 heteroatoms. The number of hydrogen-bond acceptors (Lipinski definition) is 3. The van der Waals surface area contributed by atoms with Crippen LogP contribution in [0.25, 0.3) is 0 Å². The third-order valence-electron chi connectivity index (χ3n) is 2.51. The van der Waals surface area contributed by atoms with Crippen LogP contribution in [0.1, 0.15) is 13.3 Å². The Labute approximate surface area is 79.0 Å². The second-order valence-electron chi connectivity index (χ2n) is 3.44. The van der Waals surface area contributed by atoms with Gasteiger partial charge in [0.25, 0.3) is 10.2 Å². The summed E-state index contributed by atoms with van der Waals surface area (Å²) in [7, 11) is -1.95. The fourth-order valence-electron chi connectivity index (χ4n) is 1.54. The minimum absolute atomic E-state index is 0.0351. The smallest absolute Gasteiger partial charge is 0.276 e. The first-order chi connectivity index (χ1) is 5.95. The summed E-state index contributed by atoms with van der Waals surface area (Å²) in [4.78, 5) is 0. The van der Waals surface area contributed by atoms with Gasteiger partial charge in [-0.15, -0.1) is 0 Å². The Kier molecular flexibility index (Phi) is 3.28. The lowest BCUT2D eigenvalue weighted by Crippen LogP contribution is -2.48. The highest BCUT2D eigenvalue weighted by Crippen LogP contribution is 2.20. The van der Waals surface area contributed by atoms with E-state index in [1.54, 1.807) is 7.11 Å². The minimum Gasteiger partial charge on any atom is -0.380 e. The lowest BCUT2D eigenvalue weighted by Gasteiger charge is -2.34. The summed E-state index contributed by atoms with van der Waals surface area (Å²) in [6, 6.07) is 0. The number of hydrogen-bond donors (Lipinski definition) is 1. The number of nitrogens with zero attached hydrogens (tertiary/aromatic N) is 1. The lowest BCUT2D eigenvalue weighted by atomic mass is 9.97. The molecular weight excluding hydrogens is 192 g/mol. The maximum absolute atomic E-state index is 11.0. The van der Waals surface area contributed by atoms with Crippen molar-refractivity contribution in [2.75, 3.05) is 20.2 Å². The second-order valence-corrected chi connectivity index (χ2v) is 4.99. The van der Waals surface area contributed by atoms with Crippen molar-refractivity contribution in [3.05, 3.63) is 0 Å². The van der Waals surface area contributed by atoms with Crippen molar-refractivity contribution in [3.8, 4) is 0 Å². The molecule has 1 saturated heterocycles. The quantitative estimate of drug-likeness (QED) is 0.668. The number of rotatable bonds is 2. The van der Waals surface area contributed by atoms with Crippen molar-refractivity contribution < 1.29 is 13.2 Å². The van der Waals surface area contributed by atoms with Crippen molar-refractivity contribution in [1.29, 1.82) is 0 Å². The van der Waals surface area contributed by atoms with Crippen LogP contribution in [0.5, 0.6) is 0 Å². The Balaban J connectivity index is 2.65. The zero-order valence-corrected chi connectivity index (χ0v) is 8.75. The number of methoxy groups -OCH3 is 1. The predicted molar refractivity (Wildman–Crippen MR) is 49.3 cm³/mol. The van der Waals surface area contributed by atoms with Crippen molar-refractivity contribution in [2.45, 2.75) is 19.4 Å². The number of piperidine rings is 1. The SMILES string of the molecule is COC1CN(S(N)(=O)=O)CCC1C. The van der Waals surface area contributed by atoms with Crippen LogP contribution in [0.2, 0.25) is 0 Å². The summed E-state index contributed by atoms with van der Waals surface area (Å²) in [6.45, 7) is 2.92. The molecule has 1 rings (SSSR count). The van der Waals surface area contributed by atoms with Crippen LogP contribution < -0.4 is 5.14 Å². The van der Waals surface area contributed by atoms with Crippen molar-refractivity contribution >= 4 is 10.2 Å². The molecule has 0 bridgehead atoms. The van der Waals surface area contributed by atoms with Gasteiger partial charge in [0.05, 0.1) is 6.10 Å². The predicted octanol–water partition coefficient (Wildman–Crippen LogP) is -0.453. The third kappa shape index (κ3) is 2.63. The zero-order chi connectivity index (χ0) is 10.1. The molecule has 13 heavy (non-hydrogen) atoms. The molecule has 0 amide bonds. The highest BCUT2D eigenvalue weighted by molar-refractivity contribution is 7.86. The maximum atomic E-state index is 11.0. The van der Waals surface area contributed by atoms with Gasteiger partial charge in [0.15, 0.2) is 0 Å². The van der Waals surface area contributed by atoms with E-state index in [0.29, 0.717) is 19.0 Å². The van der Waals surface area contributed by atoms with Crippen LogP contribution in [-0.4, -0.2) is 39.0 Å². The molecule has 0 aliphatic carbocycles. The molecule has 0 aromatic carbocycles. The van der Waals surface area contributed by atoms with Gasteiger partial charge < -0.3 is 4.74 Å². The van der Waals surface area contributed by atoms with Gasteiger partial charge in [0, 0.05) is 20.2 Å². The van der Waals surface area contributed by atoms with E-state index in [1.807, 2.05) is 0 Å². The largest absolute Gasteiger partial charge is 0.380 e. The normalized spacial score (nSPS) is 31.9. The summed E-state index contributed by atoms with van der Waals surface area (Å²) in [6.07, 6.45) is 0.765. The van der Waals surface area contributed by atoms with E-state index in [4.69, 9.17) is 9.88 Å². The van der Waals surface area contributed by atoms with E-state index in [0.717, 1.165) is 6.42 Å². The molecule has 1 aliphatic rings. The summed E-state index contributed by atoms with van der Waals surface area (Å²) in [5.41, 5.74) is 0. The van der Waals surface area contributed by atoms with Gasteiger partial charge in [-0.25, -0.2) is 5.14 Å². The molecule has 1 fully saturated rings. The van der Waals surface area contributed by atoms with Gasteiger partial charge in [-0.1, -0.05) is 6.92 Å². The van der Waals surface area contributed by atoms with Crippen LogP contribution in [0.3, 0.4) is 0 Å². The number of nitrogens with two attached hydrogens (primary N) is 1. The molecule has 2 N–H and O–H groups in total. The summed E-state index contributed by atoms with van der Waals surface area (Å²) < 4.78 is 28.4. The van der Waals surface area contributed by atoms with Gasteiger partial charge in [0.1, 0.15) is 0 Å². The number of ether oxygens (including phenoxy) is 1. The molecule has 0 aromatic rings. The molecule has 0 spiro atoms. The lowest BCUT2D eigenvalue weighted by molar-refractivity contribution is 0.0184. The van der Waals surface area contributed by atoms with Gasteiger partial charge in [-0.2, -0.15) is 12.7 Å². The van der Waals surface area contributed by atoms with E-state index in [1.165, 1.54) is 4.31 Å². The highest BCUT2D eigenvalue weighted by atomic mass is 32.2. The summed E-state index contributed by atoms with van der Waals surface area (Å²) in [5, 5.41) is 5.02. The van der Waals surface area contributed by atoms with E-state index in [-0.39, 0.29) is 6.10 Å². The van der Waals surface area contributed by atoms with Gasteiger partial charge in [-0.3, -0.25) is 0 Å². The molecule has 2 atom stereocenters. The molecule has 0 saturated carbocycles. The Bertz CT molecular complexity index is 265. The maximum Gasteiger partial charge on any atom is 0.276 e. The molecule has 78 valence electrons. The topological polar surface area (TPSA) is 72.6 Å². The first-order valence-corrected chi connectivity index (χ1v) is 5.76. The molecule has 1 aliphatic heterocycles. The Hall–Kier alpha value is -0.170. The Morgan fingerprint density at radius 3 is 2.62 bits per heavy atom.